The van der Waals surface area contributed by atoms with Crippen LogP contribution in [0, 0.1) is 35.0 Å². The van der Waals surface area contributed by atoms with E-state index in [0.717, 1.165) is 30.9 Å². The minimum atomic E-state index is -1.57. The first-order valence-corrected chi connectivity index (χ1v) is 12.5. The molecule has 1 unspecified atom stereocenters. The molecule has 3 aromatic heterocycles. The van der Waals surface area contributed by atoms with Gasteiger partial charge in [0.25, 0.3) is 0 Å². The Labute approximate surface area is 203 Å². The summed E-state index contributed by atoms with van der Waals surface area (Å²) in [5.74, 6) is 0. The summed E-state index contributed by atoms with van der Waals surface area (Å²) in [7, 11) is 0. The Morgan fingerprint density at radius 3 is 2.58 bits per heavy atom. The van der Waals surface area contributed by atoms with Crippen LogP contribution in [0.3, 0.4) is 0 Å². The maximum atomic E-state index is 10.1. The summed E-state index contributed by atoms with van der Waals surface area (Å²) >= 11 is 4.55. The Hall–Kier alpha value is -3.34. The van der Waals surface area contributed by atoms with Crippen LogP contribution in [0.1, 0.15) is 22.7 Å². The average Bonchev–Trinajstić information content (AvgIpc) is 3.49. The Balaban J connectivity index is 1.59. The molecule has 0 fully saturated rings. The van der Waals surface area contributed by atoms with Gasteiger partial charge in [-0.05, 0) is 47.3 Å². The number of nitrogens with zero attached hydrogens (tertiary/aromatic N) is 5. The number of hydrogen-bond acceptors (Lipinski definition) is 9. The molecule has 2 N–H and O–H groups in total. The Bertz CT molecular complexity index is 1430. The molecule has 1 aliphatic rings. The van der Waals surface area contributed by atoms with Crippen LogP contribution in [0.5, 0.6) is 0 Å². The van der Waals surface area contributed by atoms with Gasteiger partial charge in [0.15, 0.2) is 5.16 Å². The third-order valence-electron chi connectivity index (χ3n) is 5.49. The van der Waals surface area contributed by atoms with Gasteiger partial charge in [-0.25, -0.2) is 15.0 Å². The van der Waals surface area contributed by atoms with E-state index in [1.54, 1.807) is 17.5 Å². The number of aliphatic imine (C=N–C) groups is 1. The van der Waals surface area contributed by atoms with Crippen molar-refractivity contribution in [3.8, 4) is 22.7 Å². The zero-order valence-electron chi connectivity index (χ0n) is 17.4. The first-order chi connectivity index (χ1) is 16.1. The van der Waals surface area contributed by atoms with E-state index >= 15 is 0 Å². The highest BCUT2D eigenvalue weighted by Crippen LogP contribution is 2.52. The zero-order chi connectivity index (χ0) is 23.0. The maximum absolute atomic E-state index is 10.1. The van der Waals surface area contributed by atoms with Gasteiger partial charge in [-0.15, -0.1) is 22.7 Å². The number of rotatable bonds is 4. The number of nitriles is 2. The normalized spacial score (nSPS) is 16.4. The van der Waals surface area contributed by atoms with Crippen LogP contribution in [-0.4, -0.2) is 15.7 Å². The second kappa shape index (κ2) is 8.54. The van der Waals surface area contributed by atoms with Crippen LogP contribution < -0.4 is 5.73 Å². The SMILES string of the molecule is Cc1c(Sc2nccc(-c3cccs3)n2)sc2c1C(N)C(C#N)(C#N)C(c1ccccc1)=N2. The second-order valence-electron chi connectivity index (χ2n) is 7.37. The van der Waals surface area contributed by atoms with E-state index in [4.69, 9.17) is 15.7 Å². The van der Waals surface area contributed by atoms with Crippen LogP contribution in [0.4, 0.5) is 5.00 Å². The van der Waals surface area contributed by atoms with Crippen LogP contribution in [0.2, 0.25) is 0 Å². The zero-order valence-corrected chi connectivity index (χ0v) is 19.8. The van der Waals surface area contributed by atoms with Crippen molar-refractivity contribution >= 4 is 45.1 Å². The molecule has 0 saturated carbocycles. The molecule has 1 atom stereocenters. The minimum Gasteiger partial charge on any atom is -0.321 e. The summed E-state index contributed by atoms with van der Waals surface area (Å²) in [4.78, 5) is 15.0. The molecule has 0 bridgehead atoms. The number of benzene rings is 1. The topological polar surface area (TPSA) is 112 Å². The van der Waals surface area contributed by atoms with Crippen molar-refractivity contribution in [3.05, 3.63) is 76.8 Å². The molecule has 33 heavy (non-hydrogen) atoms. The van der Waals surface area contributed by atoms with Gasteiger partial charge in [-0.2, -0.15) is 10.5 Å². The van der Waals surface area contributed by atoms with Crippen molar-refractivity contribution in [3.63, 3.8) is 0 Å². The summed E-state index contributed by atoms with van der Waals surface area (Å²) in [5.41, 5.74) is 8.66. The third kappa shape index (κ3) is 3.56. The van der Waals surface area contributed by atoms with Crippen LogP contribution in [0.15, 0.2) is 74.5 Å². The fraction of sp³-hybridized carbons (Fsp3) is 0.125. The van der Waals surface area contributed by atoms with Crippen molar-refractivity contribution in [2.24, 2.45) is 16.1 Å². The van der Waals surface area contributed by atoms with E-state index in [2.05, 4.69) is 17.1 Å². The summed E-state index contributed by atoms with van der Waals surface area (Å²) in [6.07, 6.45) is 1.75. The van der Waals surface area contributed by atoms with Crippen molar-refractivity contribution < 1.29 is 0 Å². The fourth-order valence-corrected chi connectivity index (χ4v) is 6.76. The molecule has 0 radical (unpaired) electrons. The van der Waals surface area contributed by atoms with E-state index in [9.17, 15) is 10.5 Å². The van der Waals surface area contributed by atoms with Crippen LogP contribution in [-0.2, 0) is 0 Å². The molecule has 9 heteroatoms. The molecule has 0 aliphatic carbocycles. The van der Waals surface area contributed by atoms with Gasteiger partial charge in [-0.1, -0.05) is 36.4 Å². The van der Waals surface area contributed by atoms with Crippen LogP contribution >= 0.6 is 34.4 Å². The second-order valence-corrected chi connectivity index (χ2v) is 10.6. The van der Waals surface area contributed by atoms with E-state index in [1.165, 1.54) is 23.1 Å². The molecule has 1 aliphatic heterocycles. The van der Waals surface area contributed by atoms with Gasteiger partial charge >= 0.3 is 0 Å². The van der Waals surface area contributed by atoms with Gasteiger partial charge in [0.05, 0.1) is 38.7 Å². The maximum Gasteiger partial charge on any atom is 0.205 e. The first kappa shape index (κ1) is 21.5. The van der Waals surface area contributed by atoms with E-state index in [1.807, 2.05) is 60.8 Å². The number of thiophene rings is 2. The summed E-state index contributed by atoms with van der Waals surface area (Å²) in [5, 5.41) is 23.5. The Morgan fingerprint density at radius 1 is 1.09 bits per heavy atom. The molecule has 1 aromatic carbocycles. The number of nitrogens with two attached hydrogens (primary N) is 1. The van der Waals surface area contributed by atoms with Gasteiger partial charge < -0.3 is 5.73 Å². The Morgan fingerprint density at radius 2 is 1.88 bits per heavy atom. The largest absolute Gasteiger partial charge is 0.321 e. The molecule has 160 valence electrons. The lowest BCUT2D eigenvalue weighted by molar-refractivity contribution is 0.541. The molecule has 0 spiro atoms. The quantitative estimate of drug-likeness (QED) is 0.361. The van der Waals surface area contributed by atoms with Crippen molar-refractivity contribution in [2.75, 3.05) is 0 Å². The molecule has 4 heterocycles. The first-order valence-electron chi connectivity index (χ1n) is 9.98. The van der Waals surface area contributed by atoms with Crippen molar-refractivity contribution in [2.45, 2.75) is 22.3 Å². The molecule has 4 aromatic rings. The summed E-state index contributed by atoms with van der Waals surface area (Å²) in [6.45, 7) is 1.95. The molecule has 0 amide bonds. The number of fused-ring (bicyclic) bond motifs is 1. The minimum absolute atomic E-state index is 0.391. The predicted molar refractivity (Wildman–Crippen MR) is 132 cm³/mol. The average molecular weight is 485 g/mol. The van der Waals surface area contributed by atoms with Crippen molar-refractivity contribution in [1.82, 2.24) is 9.97 Å². The lowest BCUT2D eigenvalue weighted by Gasteiger charge is -2.31. The molecular formula is C24H16N6S3. The highest BCUT2D eigenvalue weighted by Gasteiger charge is 2.49. The monoisotopic (exact) mass is 484 g/mol. The van der Waals surface area contributed by atoms with Gasteiger partial charge in [0.2, 0.25) is 5.41 Å². The third-order valence-corrected chi connectivity index (χ3v) is 8.74. The van der Waals surface area contributed by atoms with Gasteiger partial charge in [-0.3, -0.25) is 0 Å². The standard InChI is InChI=1S/C24H16N6S3/c1-14-18-19(27)24(12-25,13-26)20(15-6-3-2-4-7-15)30-21(18)32-22(14)33-23-28-10-9-16(29-23)17-8-5-11-31-17/h2-11,19H,27H2,1H3. The number of aromatic nitrogens is 2. The highest BCUT2D eigenvalue weighted by molar-refractivity contribution is 8.01. The van der Waals surface area contributed by atoms with E-state index in [-0.39, 0.29) is 0 Å². The van der Waals surface area contributed by atoms with Crippen molar-refractivity contribution in [1.29, 1.82) is 10.5 Å². The molecule has 5 rings (SSSR count). The van der Waals surface area contributed by atoms with Crippen LogP contribution in [0.25, 0.3) is 10.6 Å². The number of hydrogen-bond donors (Lipinski definition) is 1. The predicted octanol–water partition coefficient (Wildman–Crippen LogP) is 5.89. The van der Waals surface area contributed by atoms with E-state index in [0.29, 0.717) is 16.4 Å². The Kier molecular flexibility index (Phi) is 5.57. The smallest absolute Gasteiger partial charge is 0.205 e. The summed E-state index contributed by atoms with van der Waals surface area (Å²) in [6, 6.07) is 18.7. The molecular weight excluding hydrogens is 469 g/mol. The highest BCUT2D eigenvalue weighted by atomic mass is 32.2. The van der Waals surface area contributed by atoms with Gasteiger partial charge in [0.1, 0.15) is 5.00 Å². The molecule has 6 nitrogen and oxygen atoms in total. The lowest BCUT2D eigenvalue weighted by Crippen LogP contribution is -2.42. The van der Waals surface area contributed by atoms with E-state index < -0.39 is 11.5 Å². The van der Waals surface area contributed by atoms with Gasteiger partial charge in [0, 0.05) is 11.8 Å². The molecule has 0 saturated heterocycles. The fourth-order valence-electron chi connectivity index (χ4n) is 3.78. The lowest BCUT2D eigenvalue weighted by atomic mass is 9.72. The summed E-state index contributed by atoms with van der Waals surface area (Å²) < 4.78 is 0.946.